The second-order valence-corrected chi connectivity index (χ2v) is 8.60. The number of hydrogen-bond acceptors (Lipinski definition) is 4. The fourth-order valence-corrected chi connectivity index (χ4v) is 3.62. The number of alkyl halides is 3. The van der Waals surface area contributed by atoms with E-state index in [1.165, 1.54) is 6.07 Å². The summed E-state index contributed by atoms with van der Waals surface area (Å²) < 4.78 is 53.3. The summed E-state index contributed by atoms with van der Waals surface area (Å²) in [6.07, 6.45) is -5.58. The molecule has 9 heteroatoms. The standard InChI is InChI=1S/C18H24BrF3N2O3/c1-11-8-12(23)9-13(19)14(11)26-17(18(20,21)22)6-5-7-24(10-17)15(25)27-16(2,3)4/h8-9H,5-7,10,23H2,1-4H3. The van der Waals surface area contributed by atoms with Crippen LogP contribution < -0.4 is 10.5 Å². The molecule has 1 atom stereocenters. The number of carbonyl (C=O) groups is 1. The lowest BCUT2D eigenvalue weighted by Gasteiger charge is -2.43. The normalized spacial score (nSPS) is 21.1. The fourth-order valence-electron chi connectivity index (χ4n) is 2.96. The summed E-state index contributed by atoms with van der Waals surface area (Å²) in [5.74, 6) is 0.0626. The van der Waals surface area contributed by atoms with Gasteiger partial charge in [0.25, 0.3) is 0 Å². The van der Waals surface area contributed by atoms with Crippen LogP contribution in [0.5, 0.6) is 5.75 Å². The molecule has 0 aromatic heterocycles. The van der Waals surface area contributed by atoms with Crippen molar-refractivity contribution in [3.63, 3.8) is 0 Å². The van der Waals surface area contributed by atoms with Crippen molar-refractivity contribution >= 4 is 27.7 Å². The topological polar surface area (TPSA) is 64.8 Å². The van der Waals surface area contributed by atoms with E-state index in [1.807, 2.05) is 0 Å². The van der Waals surface area contributed by atoms with Gasteiger partial charge in [0.05, 0.1) is 11.0 Å². The zero-order valence-corrected chi connectivity index (χ0v) is 17.3. The minimum Gasteiger partial charge on any atom is -0.474 e. The van der Waals surface area contributed by atoms with Crippen molar-refractivity contribution < 1.29 is 27.4 Å². The van der Waals surface area contributed by atoms with Crippen molar-refractivity contribution in [3.05, 3.63) is 22.2 Å². The van der Waals surface area contributed by atoms with Crippen molar-refractivity contribution in [1.82, 2.24) is 4.90 Å². The first-order valence-electron chi connectivity index (χ1n) is 8.53. The molecule has 1 fully saturated rings. The molecule has 1 heterocycles. The van der Waals surface area contributed by atoms with E-state index >= 15 is 0 Å². The Bertz CT molecular complexity index is 696. The van der Waals surface area contributed by atoms with Crippen LogP contribution in [-0.4, -0.2) is 41.5 Å². The van der Waals surface area contributed by atoms with E-state index < -0.39 is 30.0 Å². The van der Waals surface area contributed by atoms with E-state index in [0.29, 0.717) is 15.7 Å². The van der Waals surface area contributed by atoms with Gasteiger partial charge in [0.1, 0.15) is 11.4 Å². The molecular formula is C18H24BrF3N2O3. The molecule has 5 nitrogen and oxygen atoms in total. The lowest BCUT2D eigenvalue weighted by atomic mass is 9.91. The maximum absolute atomic E-state index is 14.1. The van der Waals surface area contributed by atoms with E-state index in [-0.39, 0.29) is 25.1 Å². The lowest BCUT2D eigenvalue weighted by Crippen LogP contribution is -2.62. The molecule has 1 aromatic carbocycles. The molecule has 0 bridgehead atoms. The summed E-state index contributed by atoms with van der Waals surface area (Å²) in [4.78, 5) is 13.4. The van der Waals surface area contributed by atoms with E-state index in [0.717, 1.165) is 4.90 Å². The van der Waals surface area contributed by atoms with E-state index in [1.54, 1.807) is 33.8 Å². The van der Waals surface area contributed by atoms with Gasteiger partial charge in [0.15, 0.2) is 0 Å². The molecule has 0 spiro atoms. The van der Waals surface area contributed by atoms with Gasteiger partial charge >= 0.3 is 12.3 Å². The predicted molar refractivity (Wildman–Crippen MR) is 99.7 cm³/mol. The summed E-state index contributed by atoms with van der Waals surface area (Å²) in [6, 6.07) is 3.03. The van der Waals surface area contributed by atoms with E-state index in [4.69, 9.17) is 15.2 Å². The monoisotopic (exact) mass is 452 g/mol. The molecule has 27 heavy (non-hydrogen) atoms. The molecular weight excluding hydrogens is 429 g/mol. The Balaban J connectivity index is 2.36. The molecule has 1 saturated heterocycles. The number of benzene rings is 1. The number of nitrogen functional groups attached to an aromatic ring is 1. The molecule has 1 amide bonds. The number of anilines is 1. The second kappa shape index (κ2) is 7.41. The van der Waals surface area contributed by atoms with Gasteiger partial charge in [-0.3, -0.25) is 0 Å². The highest BCUT2D eigenvalue weighted by Crippen LogP contribution is 2.44. The largest absolute Gasteiger partial charge is 0.474 e. The van der Waals surface area contributed by atoms with Crippen LogP contribution in [0.1, 0.15) is 39.2 Å². The van der Waals surface area contributed by atoms with Crippen molar-refractivity contribution in [1.29, 1.82) is 0 Å². The molecule has 1 unspecified atom stereocenters. The predicted octanol–water partition coefficient (Wildman–Crippen LogP) is 5.05. The number of carbonyl (C=O) groups excluding carboxylic acids is 1. The van der Waals surface area contributed by atoms with Gasteiger partial charge in [-0.15, -0.1) is 0 Å². The molecule has 1 aliphatic rings. The number of piperidine rings is 1. The molecule has 1 aromatic rings. The number of nitrogens with zero attached hydrogens (tertiary/aromatic N) is 1. The van der Waals surface area contributed by atoms with Crippen molar-refractivity contribution in [2.24, 2.45) is 0 Å². The van der Waals surface area contributed by atoms with Crippen molar-refractivity contribution in [3.8, 4) is 5.75 Å². The van der Waals surface area contributed by atoms with Crippen LogP contribution in [0.25, 0.3) is 0 Å². The number of aryl methyl sites for hydroxylation is 1. The maximum Gasteiger partial charge on any atom is 0.430 e. The smallest absolute Gasteiger partial charge is 0.430 e. The minimum absolute atomic E-state index is 0.0626. The van der Waals surface area contributed by atoms with Crippen LogP contribution in [0, 0.1) is 6.92 Å². The zero-order valence-electron chi connectivity index (χ0n) is 15.7. The van der Waals surface area contributed by atoms with Crippen molar-refractivity contribution in [2.75, 3.05) is 18.8 Å². The average Bonchev–Trinajstić information content (AvgIpc) is 2.48. The van der Waals surface area contributed by atoms with Gasteiger partial charge in [-0.25, -0.2) is 4.79 Å². The Hall–Kier alpha value is -1.64. The van der Waals surface area contributed by atoms with Gasteiger partial charge < -0.3 is 20.1 Å². The molecule has 2 N–H and O–H groups in total. The van der Waals surface area contributed by atoms with Gasteiger partial charge in [-0.1, -0.05) is 0 Å². The molecule has 0 aliphatic carbocycles. The highest BCUT2D eigenvalue weighted by atomic mass is 79.9. The number of amides is 1. The van der Waals surface area contributed by atoms with Crippen LogP contribution in [-0.2, 0) is 4.74 Å². The summed E-state index contributed by atoms with van der Waals surface area (Å²) in [5.41, 5.74) is 3.28. The third-order valence-electron chi connectivity index (χ3n) is 4.17. The first kappa shape index (κ1) is 21.7. The number of halogens is 4. The number of ether oxygens (including phenoxy) is 2. The highest BCUT2D eigenvalue weighted by Gasteiger charge is 2.60. The van der Waals surface area contributed by atoms with Crippen LogP contribution in [0.4, 0.5) is 23.7 Å². The molecule has 0 saturated carbocycles. The number of nitrogens with two attached hydrogens (primary N) is 1. The van der Waals surface area contributed by atoms with Crippen LogP contribution in [0.15, 0.2) is 16.6 Å². The molecule has 2 rings (SSSR count). The third-order valence-corrected chi connectivity index (χ3v) is 4.76. The van der Waals surface area contributed by atoms with Crippen LogP contribution >= 0.6 is 15.9 Å². The van der Waals surface area contributed by atoms with Gasteiger partial charge in [-0.05, 0) is 74.2 Å². The van der Waals surface area contributed by atoms with Crippen molar-refractivity contribution in [2.45, 2.75) is 57.9 Å². The first-order valence-corrected chi connectivity index (χ1v) is 9.33. The first-order chi connectivity index (χ1) is 12.2. The summed E-state index contributed by atoms with van der Waals surface area (Å²) in [6.45, 7) is 6.15. The Morgan fingerprint density at radius 2 is 1.93 bits per heavy atom. The third kappa shape index (κ3) is 5.00. The average molecular weight is 453 g/mol. The van der Waals surface area contributed by atoms with Gasteiger partial charge in [-0.2, -0.15) is 13.2 Å². The molecule has 1 aliphatic heterocycles. The van der Waals surface area contributed by atoms with Gasteiger partial charge in [0.2, 0.25) is 5.60 Å². The number of hydrogen-bond donors (Lipinski definition) is 1. The second-order valence-electron chi connectivity index (χ2n) is 7.75. The zero-order chi connectivity index (χ0) is 20.6. The summed E-state index contributed by atoms with van der Waals surface area (Å²) >= 11 is 3.22. The van der Waals surface area contributed by atoms with E-state index in [9.17, 15) is 18.0 Å². The Kier molecular flexibility index (Phi) is 5.94. The Morgan fingerprint density at radius 1 is 1.30 bits per heavy atom. The van der Waals surface area contributed by atoms with E-state index in [2.05, 4.69) is 15.9 Å². The Labute approximate surface area is 165 Å². The van der Waals surface area contributed by atoms with Crippen LogP contribution in [0.2, 0.25) is 0 Å². The quantitative estimate of drug-likeness (QED) is 0.637. The summed E-state index contributed by atoms with van der Waals surface area (Å²) in [5, 5.41) is 0. The lowest BCUT2D eigenvalue weighted by molar-refractivity contribution is -0.261. The van der Waals surface area contributed by atoms with Crippen LogP contribution in [0.3, 0.4) is 0 Å². The molecule has 152 valence electrons. The molecule has 0 radical (unpaired) electrons. The highest BCUT2D eigenvalue weighted by molar-refractivity contribution is 9.10. The number of rotatable bonds is 2. The Morgan fingerprint density at radius 3 is 2.44 bits per heavy atom. The summed E-state index contributed by atoms with van der Waals surface area (Å²) in [7, 11) is 0. The fraction of sp³-hybridized carbons (Fsp3) is 0.611. The SMILES string of the molecule is Cc1cc(N)cc(Br)c1OC1(C(F)(F)F)CCCN(C(=O)OC(C)(C)C)C1. The number of likely N-dealkylation sites (tertiary alicyclic amines) is 1. The van der Waals surface area contributed by atoms with Gasteiger partial charge in [0, 0.05) is 12.2 Å². The minimum atomic E-state index is -4.68. The maximum atomic E-state index is 14.1.